The van der Waals surface area contributed by atoms with Gasteiger partial charge in [0.05, 0.1) is 6.61 Å². The van der Waals surface area contributed by atoms with Gasteiger partial charge in [-0.05, 0) is 6.42 Å². The van der Waals surface area contributed by atoms with Crippen LogP contribution in [0.4, 0.5) is 13.2 Å². The average Bonchev–Trinajstić information content (AvgIpc) is 2.08. The summed E-state index contributed by atoms with van der Waals surface area (Å²) in [5, 5.41) is 0. The molecule has 9 heteroatoms. The standard InChI is InChI=1S/C6H11F3O5S/c1-2-3-14-15(10,11)5-12-4-13-6(7,8)9/h2-5H2,1H3. The van der Waals surface area contributed by atoms with E-state index in [2.05, 4.69) is 13.7 Å². The molecule has 92 valence electrons. The van der Waals surface area contributed by atoms with Gasteiger partial charge in [-0.1, -0.05) is 6.92 Å². The highest BCUT2D eigenvalue weighted by Gasteiger charge is 2.29. The Bertz CT molecular complexity index is 260. The zero-order valence-electron chi connectivity index (χ0n) is 7.91. The Kier molecular flexibility index (Phi) is 6.10. The molecular formula is C6H11F3O5S. The zero-order valence-corrected chi connectivity index (χ0v) is 8.73. The van der Waals surface area contributed by atoms with Crippen LogP contribution < -0.4 is 0 Å². The van der Waals surface area contributed by atoms with Crippen molar-refractivity contribution in [1.29, 1.82) is 0 Å². The van der Waals surface area contributed by atoms with E-state index in [0.717, 1.165) is 0 Å². The normalized spacial score (nSPS) is 13.1. The van der Waals surface area contributed by atoms with Gasteiger partial charge in [-0.15, -0.1) is 13.2 Å². The molecule has 0 fully saturated rings. The molecule has 0 radical (unpaired) electrons. The third-order valence-electron chi connectivity index (χ3n) is 1.00. The Hall–Kier alpha value is -0.380. The van der Waals surface area contributed by atoms with E-state index in [1.54, 1.807) is 6.92 Å². The molecule has 0 saturated heterocycles. The van der Waals surface area contributed by atoms with Crippen LogP contribution in [0.3, 0.4) is 0 Å². The Balaban J connectivity index is 3.67. The number of ether oxygens (including phenoxy) is 2. The first kappa shape index (κ1) is 14.6. The fourth-order valence-electron chi connectivity index (χ4n) is 0.489. The second-order valence-electron chi connectivity index (χ2n) is 2.41. The highest BCUT2D eigenvalue weighted by Crippen LogP contribution is 2.15. The topological polar surface area (TPSA) is 61.8 Å². The number of hydrogen-bond donors (Lipinski definition) is 0. The van der Waals surface area contributed by atoms with Crippen molar-refractivity contribution in [3.63, 3.8) is 0 Å². The summed E-state index contributed by atoms with van der Waals surface area (Å²) in [6.07, 6.45) is -4.37. The van der Waals surface area contributed by atoms with Crippen LogP contribution in [-0.4, -0.2) is 34.1 Å². The van der Waals surface area contributed by atoms with Crippen molar-refractivity contribution >= 4 is 10.1 Å². The summed E-state index contributed by atoms with van der Waals surface area (Å²) in [5.41, 5.74) is 0. The number of hydrogen-bond acceptors (Lipinski definition) is 5. The van der Waals surface area contributed by atoms with Crippen LogP contribution in [-0.2, 0) is 23.8 Å². The van der Waals surface area contributed by atoms with E-state index in [1.807, 2.05) is 0 Å². The highest BCUT2D eigenvalue weighted by molar-refractivity contribution is 7.86. The van der Waals surface area contributed by atoms with Crippen LogP contribution in [0.2, 0.25) is 0 Å². The molecule has 0 saturated carbocycles. The minimum absolute atomic E-state index is 0.0359. The van der Waals surface area contributed by atoms with Crippen molar-refractivity contribution in [3.05, 3.63) is 0 Å². The van der Waals surface area contributed by atoms with E-state index in [-0.39, 0.29) is 6.61 Å². The van der Waals surface area contributed by atoms with Crippen molar-refractivity contribution in [3.8, 4) is 0 Å². The molecule has 0 rings (SSSR count). The Morgan fingerprint density at radius 1 is 1.27 bits per heavy atom. The largest absolute Gasteiger partial charge is 0.524 e. The van der Waals surface area contributed by atoms with E-state index >= 15 is 0 Å². The van der Waals surface area contributed by atoms with Crippen LogP contribution in [0, 0.1) is 0 Å². The minimum Gasteiger partial charge on any atom is -0.337 e. The van der Waals surface area contributed by atoms with Crippen LogP contribution in [0.5, 0.6) is 0 Å². The zero-order chi connectivity index (χ0) is 11.9. The summed E-state index contributed by atoms with van der Waals surface area (Å²) in [7, 11) is -3.93. The lowest BCUT2D eigenvalue weighted by molar-refractivity contribution is -0.348. The van der Waals surface area contributed by atoms with Gasteiger partial charge in [-0.2, -0.15) is 8.42 Å². The van der Waals surface area contributed by atoms with Gasteiger partial charge in [0.2, 0.25) is 0 Å². The van der Waals surface area contributed by atoms with Gasteiger partial charge in [-0.25, -0.2) is 0 Å². The van der Waals surface area contributed by atoms with Gasteiger partial charge in [0, 0.05) is 0 Å². The monoisotopic (exact) mass is 252 g/mol. The SMILES string of the molecule is CCCOS(=O)(=O)COCOC(F)(F)F. The maximum atomic E-state index is 11.4. The maximum Gasteiger partial charge on any atom is 0.524 e. The Labute approximate surface area is 85.2 Å². The van der Waals surface area contributed by atoms with Crippen LogP contribution in [0.1, 0.15) is 13.3 Å². The molecule has 0 aromatic carbocycles. The third kappa shape index (κ3) is 9.91. The molecule has 5 nitrogen and oxygen atoms in total. The highest BCUT2D eigenvalue weighted by atomic mass is 32.2. The molecule has 0 N–H and O–H groups in total. The molecule has 0 aromatic heterocycles. The van der Waals surface area contributed by atoms with Crippen molar-refractivity contribution in [2.45, 2.75) is 19.7 Å². The summed E-state index contributed by atoms with van der Waals surface area (Å²) in [4.78, 5) is 0. The first-order chi connectivity index (χ1) is 6.77. The summed E-state index contributed by atoms with van der Waals surface area (Å²) in [5.74, 6) is -0.969. The molecule has 0 aromatic rings. The van der Waals surface area contributed by atoms with Crippen molar-refractivity contribution in [2.24, 2.45) is 0 Å². The lowest BCUT2D eigenvalue weighted by Gasteiger charge is -2.08. The van der Waals surface area contributed by atoms with E-state index in [0.29, 0.717) is 6.42 Å². The Morgan fingerprint density at radius 3 is 2.33 bits per heavy atom. The summed E-state index contributed by atoms with van der Waals surface area (Å²) < 4.78 is 67.5. The molecule has 0 amide bonds. The maximum absolute atomic E-state index is 11.4. The molecule has 0 unspecified atom stereocenters. The number of rotatable bonds is 7. The van der Waals surface area contributed by atoms with Gasteiger partial charge in [0.15, 0.2) is 12.7 Å². The summed E-state index contributed by atoms with van der Waals surface area (Å²) >= 11 is 0. The molecule has 0 aliphatic carbocycles. The molecule has 0 atom stereocenters. The van der Waals surface area contributed by atoms with Gasteiger partial charge >= 0.3 is 6.36 Å². The van der Waals surface area contributed by atoms with Crippen LogP contribution in [0.15, 0.2) is 0 Å². The second kappa shape index (κ2) is 6.26. The summed E-state index contributed by atoms with van der Waals surface area (Å²) in [6.45, 7) is 0.465. The molecule has 0 heterocycles. The molecule has 0 aliphatic rings. The van der Waals surface area contributed by atoms with Crippen LogP contribution in [0.25, 0.3) is 0 Å². The molecule has 0 spiro atoms. The smallest absolute Gasteiger partial charge is 0.337 e. The fraction of sp³-hybridized carbons (Fsp3) is 1.00. The van der Waals surface area contributed by atoms with E-state index in [9.17, 15) is 21.6 Å². The van der Waals surface area contributed by atoms with E-state index < -0.39 is 29.2 Å². The van der Waals surface area contributed by atoms with Gasteiger partial charge < -0.3 is 4.74 Å². The first-order valence-electron chi connectivity index (χ1n) is 3.92. The van der Waals surface area contributed by atoms with Gasteiger partial charge in [0.1, 0.15) is 0 Å². The fourth-order valence-corrected chi connectivity index (χ4v) is 1.25. The van der Waals surface area contributed by atoms with E-state index in [1.165, 1.54) is 0 Å². The van der Waals surface area contributed by atoms with Gasteiger partial charge in [0.25, 0.3) is 10.1 Å². The minimum atomic E-state index is -4.84. The van der Waals surface area contributed by atoms with E-state index in [4.69, 9.17) is 0 Å². The molecule has 0 bridgehead atoms. The molecular weight excluding hydrogens is 241 g/mol. The average molecular weight is 252 g/mol. The van der Waals surface area contributed by atoms with Crippen molar-refractivity contribution in [1.82, 2.24) is 0 Å². The second-order valence-corrected chi connectivity index (χ2v) is 4.00. The van der Waals surface area contributed by atoms with Crippen molar-refractivity contribution < 1.29 is 35.2 Å². The number of alkyl halides is 3. The van der Waals surface area contributed by atoms with Crippen molar-refractivity contribution in [2.75, 3.05) is 19.3 Å². The quantitative estimate of drug-likeness (QED) is 0.387. The predicted octanol–water partition coefficient (Wildman–Crippen LogP) is 1.21. The van der Waals surface area contributed by atoms with Gasteiger partial charge in [-0.3, -0.25) is 8.92 Å². The Morgan fingerprint density at radius 2 is 1.87 bits per heavy atom. The third-order valence-corrected chi connectivity index (χ3v) is 1.98. The first-order valence-corrected chi connectivity index (χ1v) is 5.50. The molecule has 15 heavy (non-hydrogen) atoms. The lowest BCUT2D eigenvalue weighted by atomic mass is 10.5. The predicted molar refractivity (Wildman–Crippen MR) is 43.1 cm³/mol. The lowest BCUT2D eigenvalue weighted by Crippen LogP contribution is -2.19. The van der Waals surface area contributed by atoms with Crippen LogP contribution >= 0.6 is 0 Å². The summed E-state index contributed by atoms with van der Waals surface area (Å²) in [6, 6.07) is 0. The number of halogens is 3. The molecule has 0 aliphatic heterocycles.